The highest BCUT2D eigenvalue weighted by molar-refractivity contribution is 6.01. The van der Waals surface area contributed by atoms with Crippen LogP contribution in [0.25, 0.3) is 11.1 Å². The second kappa shape index (κ2) is 18.9. The first-order chi connectivity index (χ1) is 27.9. The van der Waals surface area contributed by atoms with E-state index in [1.807, 2.05) is 83.1 Å². The van der Waals surface area contributed by atoms with E-state index in [0.29, 0.717) is 68.1 Å². The van der Waals surface area contributed by atoms with Crippen molar-refractivity contribution in [1.29, 1.82) is 0 Å². The number of aromatic amines is 1. The molecule has 0 radical (unpaired) electrons. The number of aryl methyl sites for hydroxylation is 2. The average molecular weight is 793 g/mol. The highest BCUT2D eigenvalue weighted by atomic mass is 16.5. The van der Waals surface area contributed by atoms with Crippen molar-refractivity contribution in [2.75, 3.05) is 45.0 Å². The van der Waals surface area contributed by atoms with Gasteiger partial charge < -0.3 is 39.0 Å². The van der Waals surface area contributed by atoms with Crippen LogP contribution >= 0.6 is 0 Å². The highest BCUT2D eigenvalue weighted by Crippen LogP contribution is 2.35. The number of anilines is 1. The molecular formula is C46H56N4O8. The van der Waals surface area contributed by atoms with Gasteiger partial charge in [-0.25, -0.2) is 4.79 Å². The van der Waals surface area contributed by atoms with E-state index in [0.717, 1.165) is 64.1 Å². The third-order valence-corrected chi connectivity index (χ3v) is 11.2. The van der Waals surface area contributed by atoms with Crippen LogP contribution in [0.2, 0.25) is 0 Å². The summed E-state index contributed by atoms with van der Waals surface area (Å²) in [6.07, 6.45) is 1.83. The van der Waals surface area contributed by atoms with E-state index in [1.54, 1.807) is 11.0 Å². The number of ether oxygens (including phenoxy) is 4. The van der Waals surface area contributed by atoms with Gasteiger partial charge in [-0.15, -0.1) is 0 Å². The maximum atomic E-state index is 13.9. The molecule has 1 atom stereocenters. The van der Waals surface area contributed by atoms with E-state index >= 15 is 0 Å². The molecule has 2 amide bonds. The Morgan fingerprint density at radius 2 is 1.71 bits per heavy atom. The Balaban J connectivity index is 1.11. The number of benzene rings is 3. The van der Waals surface area contributed by atoms with Gasteiger partial charge in [0.15, 0.2) is 0 Å². The Bertz CT molecular complexity index is 2170. The SMILES string of the molecule is CCN(c1cc(-c2ccc(COCCOc3ccc4c(c3)C(=O)N(C(C(=O)OC)C(C)C)C4)cc2)cc(C(=O)NCc2c(C)cc(C)[nH]c2=O)c1C)C1CCOCC1. The lowest BCUT2D eigenvalue weighted by atomic mass is 9.94. The fourth-order valence-corrected chi connectivity index (χ4v) is 8.09. The van der Waals surface area contributed by atoms with Crippen LogP contribution in [-0.4, -0.2) is 79.8 Å². The van der Waals surface area contributed by atoms with Crippen LogP contribution in [0, 0.1) is 26.7 Å². The summed E-state index contributed by atoms with van der Waals surface area (Å²) in [6, 6.07) is 19.2. The van der Waals surface area contributed by atoms with Gasteiger partial charge in [0.05, 0.1) is 20.3 Å². The molecule has 58 heavy (non-hydrogen) atoms. The zero-order valence-corrected chi connectivity index (χ0v) is 34.7. The van der Waals surface area contributed by atoms with Gasteiger partial charge in [0.25, 0.3) is 17.4 Å². The normalized spacial score (nSPS) is 14.7. The van der Waals surface area contributed by atoms with Crippen LogP contribution in [0.5, 0.6) is 5.75 Å². The minimum Gasteiger partial charge on any atom is -0.491 e. The highest BCUT2D eigenvalue weighted by Gasteiger charge is 2.39. The molecule has 2 aliphatic heterocycles. The molecule has 1 unspecified atom stereocenters. The van der Waals surface area contributed by atoms with Crippen molar-refractivity contribution in [2.24, 2.45) is 5.92 Å². The van der Waals surface area contributed by atoms with Gasteiger partial charge in [-0.1, -0.05) is 44.2 Å². The maximum absolute atomic E-state index is 13.9. The molecule has 3 aromatic carbocycles. The van der Waals surface area contributed by atoms with E-state index in [2.05, 4.69) is 28.2 Å². The fourth-order valence-electron chi connectivity index (χ4n) is 8.09. The summed E-state index contributed by atoms with van der Waals surface area (Å²) in [5.41, 5.74) is 8.68. The number of aromatic nitrogens is 1. The number of pyridine rings is 1. The number of amides is 2. The summed E-state index contributed by atoms with van der Waals surface area (Å²) in [4.78, 5) is 59.1. The Hall–Kier alpha value is -5.46. The molecule has 1 fully saturated rings. The summed E-state index contributed by atoms with van der Waals surface area (Å²) >= 11 is 0. The smallest absolute Gasteiger partial charge is 0.328 e. The minimum absolute atomic E-state index is 0.0929. The van der Waals surface area contributed by atoms with E-state index in [4.69, 9.17) is 18.9 Å². The van der Waals surface area contributed by atoms with Crippen LogP contribution in [-0.2, 0) is 38.7 Å². The molecule has 2 N–H and O–H groups in total. The molecule has 0 aliphatic carbocycles. The molecule has 0 bridgehead atoms. The maximum Gasteiger partial charge on any atom is 0.328 e. The predicted molar refractivity (Wildman–Crippen MR) is 223 cm³/mol. The van der Waals surface area contributed by atoms with E-state index in [1.165, 1.54) is 7.11 Å². The number of fused-ring (bicyclic) bond motifs is 1. The van der Waals surface area contributed by atoms with E-state index in [-0.39, 0.29) is 29.8 Å². The predicted octanol–water partition coefficient (Wildman–Crippen LogP) is 6.65. The number of carbonyl (C=O) groups is 3. The van der Waals surface area contributed by atoms with Crippen LogP contribution in [0.1, 0.15) is 87.8 Å². The fraction of sp³-hybridized carbons (Fsp3) is 0.435. The molecule has 0 spiro atoms. The van der Waals surface area contributed by atoms with E-state index in [9.17, 15) is 19.2 Å². The largest absolute Gasteiger partial charge is 0.491 e. The number of hydrogen-bond acceptors (Lipinski definition) is 9. The Morgan fingerprint density at radius 1 is 0.966 bits per heavy atom. The van der Waals surface area contributed by atoms with E-state index < -0.39 is 12.0 Å². The van der Waals surface area contributed by atoms with Crippen molar-refractivity contribution in [3.8, 4) is 16.9 Å². The van der Waals surface area contributed by atoms with Gasteiger partial charge in [0.2, 0.25) is 0 Å². The summed E-state index contributed by atoms with van der Waals surface area (Å²) in [5, 5.41) is 3.02. The van der Waals surface area contributed by atoms with Gasteiger partial charge in [0, 0.05) is 67.0 Å². The molecular weight excluding hydrogens is 737 g/mol. The molecule has 12 nitrogen and oxygen atoms in total. The first-order valence-corrected chi connectivity index (χ1v) is 20.2. The molecule has 2 aliphatic rings. The van der Waals surface area contributed by atoms with Crippen molar-refractivity contribution in [1.82, 2.24) is 15.2 Å². The molecule has 0 saturated carbocycles. The monoisotopic (exact) mass is 792 g/mol. The van der Waals surface area contributed by atoms with Gasteiger partial charge in [0.1, 0.15) is 18.4 Å². The van der Waals surface area contributed by atoms with Crippen molar-refractivity contribution in [3.05, 3.63) is 116 Å². The average Bonchev–Trinajstić information content (AvgIpc) is 3.52. The Kier molecular flexibility index (Phi) is 13.7. The second-order valence-electron chi connectivity index (χ2n) is 15.5. The van der Waals surface area contributed by atoms with Crippen LogP contribution in [0.3, 0.4) is 0 Å². The number of carbonyl (C=O) groups excluding carboxylic acids is 3. The van der Waals surface area contributed by atoms with Crippen LogP contribution < -0.4 is 20.5 Å². The van der Waals surface area contributed by atoms with Gasteiger partial charge >= 0.3 is 5.97 Å². The number of esters is 1. The standard InChI is InChI=1S/C46H56N4O8/c1-8-49(36-15-17-56-18-16-36)41-23-35(22-38(31(41)6)43(51)47-25-40-29(4)21-30(5)48-44(40)52)33-11-9-32(10-12-33)27-57-19-20-58-37-14-13-34-26-50(45(53)39(34)24-37)42(28(2)3)46(54)55-7/h9-14,21-24,28,36,42H,8,15-20,25-27H2,1-7H3,(H,47,51)(H,48,52). The first kappa shape index (κ1) is 42.2. The van der Waals surface area contributed by atoms with Gasteiger partial charge in [-0.2, -0.15) is 0 Å². The number of methoxy groups -OCH3 is 1. The Morgan fingerprint density at radius 3 is 2.38 bits per heavy atom. The number of H-pyrrole nitrogens is 1. The second-order valence-corrected chi connectivity index (χ2v) is 15.5. The lowest BCUT2D eigenvalue weighted by molar-refractivity contribution is -0.147. The molecule has 3 heterocycles. The number of hydrogen-bond donors (Lipinski definition) is 2. The van der Waals surface area contributed by atoms with Crippen molar-refractivity contribution in [3.63, 3.8) is 0 Å². The number of nitrogens with one attached hydrogen (secondary N) is 2. The minimum atomic E-state index is -0.656. The summed E-state index contributed by atoms with van der Waals surface area (Å²) in [6.45, 7) is 15.3. The quantitative estimate of drug-likeness (QED) is 0.0944. The molecule has 1 aromatic heterocycles. The summed E-state index contributed by atoms with van der Waals surface area (Å²) in [7, 11) is 1.34. The third kappa shape index (κ3) is 9.45. The molecule has 4 aromatic rings. The molecule has 1 saturated heterocycles. The molecule has 6 rings (SSSR count). The lowest BCUT2D eigenvalue weighted by Gasteiger charge is -2.37. The van der Waals surface area contributed by atoms with Gasteiger partial charge in [-0.05, 0) is 110 Å². The van der Waals surface area contributed by atoms with Crippen molar-refractivity contribution >= 4 is 23.5 Å². The Labute approximate surface area is 340 Å². The molecule has 12 heteroatoms. The molecule has 308 valence electrons. The summed E-state index contributed by atoms with van der Waals surface area (Å²) in [5.74, 6) is -0.402. The zero-order chi connectivity index (χ0) is 41.5. The zero-order valence-electron chi connectivity index (χ0n) is 34.7. The van der Waals surface area contributed by atoms with Crippen molar-refractivity contribution < 1.29 is 33.3 Å². The third-order valence-electron chi connectivity index (χ3n) is 11.2. The summed E-state index contributed by atoms with van der Waals surface area (Å²) < 4.78 is 22.5. The lowest BCUT2D eigenvalue weighted by Crippen LogP contribution is -2.45. The van der Waals surface area contributed by atoms with Crippen molar-refractivity contribution in [2.45, 2.75) is 86.2 Å². The first-order valence-electron chi connectivity index (χ1n) is 20.2. The topological polar surface area (TPSA) is 139 Å². The van der Waals surface area contributed by atoms with Gasteiger partial charge in [-0.3, -0.25) is 14.4 Å². The number of rotatable bonds is 16. The van der Waals surface area contributed by atoms with Crippen LogP contribution in [0.15, 0.2) is 65.5 Å². The number of nitrogens with zero attached hydrogens (tertiary/aromatic N) is 2. The van der Waals surface area contributed by atoms with Crippen LogP contribution in [0.4, 0.5) is 5.69 Å².